The summed E-state index contributed by atoms with van der Waals surface area (Å²) in [7, 11) is 0. The van der Waals surface area contributed by atoms with Crippen molar-refractivity contribution in [3.8, 4) is 5.75 Å². The predicted molar refractivity (Wildman–Crippen MR) is 134 cm³/mol. The molecule has 2 aliphatic heterocycles. The van der Waals surface area contributed by atoms with E-state index in [1.807, 2.05) is 70.3 Å². The molecule has 0 radical (unpaired) electrons. The number of nitrogens with two attached hydrogens (primary N) is 1. The lowest BCUT2D eigenvalue weighted by Crippen LogP contribution is -2.85. The first kappa shape index (κ1) is 24.1. The quantitative estimate of drug-likeness (QED) is 0.368. The Kier molecular flexibility index (Phi) is 6.86. The van der Waals surface area contributed by atoms with E-state index in [-0.39, 0.29) is 16.2 Å². The summed E-state index contributed by atoms with van der Waals surface area (Å²) in [6.45, 7) is 10.2. The predicted octanol–water partition coefficient (Wildman–Crippen LogP) is 4.03. The normalized spacial score (nSPS) is 18.1. The third-order valence-electron chi connectivity index (χ3n) is 7.09. The standard InChI is InChI=1S/C27H34N4O3/c1-18-19(2)26-22(16-27(3,4)34-26)23(25(18)31(32)33)17-30-14-11-21(12-15-30)29-13-10-24(28)20-8-6-5-7-9-20/h5-10,13,21,28-29H,11-12,14-17H2,1-4H3/p+1. The largest absolute Gasteiger partial charge is 0.487 e. The van der Waals surface area contributed by atoms with Crippen LogP contribution in [0.15, 0.2) is 42.6 Å². The zero-order valence-electron chi connectivity index (χ0n) is 20.6. The Morgan fingerprint density at radius 2 is 1.91 bits per heavy atom. The smallest absolute Gasteiger partial charge is 0.277 e. The van der Waals surface area contributed by atoms with Gasteiger partial charge in [-0.2, -0.15) is 0 Å². The van der Waals surface area contributed by atoms with Gasteiger partial charge in [0.2, 0.25) is 0 Å². The van der Waals surface area contributed by atoms with Crippen LogP contribution >= 0.6 is 0 Å². The van der Waals surface area contributed by atoms with E-state index in [4.69, 9.17) is 10.1 Å². The molecule has 2 heterocycles. The highest BCUT2D eigenvalue weighted by Gasteiger charge is 2.38. The Hall–Kier alpha value is -3.03. The van der Waals surface area contributed by atoms with Crippen molar-refractivity contribution >= 4 is 11.4 Å². The van der Waals surface area contributed by atoms with E-state index in [2.05, 4.69) is 10.2 Å². The number of benzene rings is 2. The molecular weight excluding hydrogens is 428 g/mol. The number of ether oxygens (including phenoxy) is 1. The first-order valence-corrected chi connectivity index (χ1v) is 12.0. The van der Waals surface area contributed by atoms with Gasteiger partial charge in [-0.15, -0.1) is 0 Å². The fourth-order valence-electron chi connectivity index (χ4n) is 5.11. The highest BCUT2D eigenvalue weighted by atomic mass is 16.6. The molecule has 4 rings (SSSR count). The van der Waals surface area contributed by atoms with Crippen molar-refractivity contribution in [1.29, 1.82) is 5.41 Å². The average molecular weight is 464 g/mol. The number of piperidine rings is 1. The average Bonchev–Trinajstić information content (AvgIpc) is 3.14. The van der Waals surface area contributed by atoms with Crippen LogP contribution in [0.2, 0.25) is 0 Å². The van der Waals surface area contributed by atoms with E-state index in [1.54, 1.807) is 0 Å². The summed E-state index contributed by atoms with van der Waals surface area (Å²) in [6.07, 6.45) is 6.56. The number of allylic oxidation sites excluding steroid dienone is 1. The Balaban J connectivity index is 1.41. The Labute approximate surface area is 201 Å². The van der Waals surface area contributed by atoms with Crippen molar-refractivity contribution in [2.24, 2.45) is 0 Å². The zero-order chi connectivity index (χ0) is 24.5. The summed E-state index contributed by atoms with van der Waals surface area (Å²) in [5.41, 5.74) is 4.78. The number of nitrogens with one attached hydrogen (secondary N) is 1. The second kappa shape index (κ2) is 9.68. The van der Waals surface area contributed by atoms with Gasteiger partial charge in [-0.05, 0) is 33.3 Å². The van der Waals surface area contributed by atoms with Gasteiger partial charge in [0, 0.05) is 61.7 Å². The lowest BCUT2D eigenvalue weighted by atomic mass is 9.91. The third-order valence-corrected chi connectivity index (χ3v) is 7.09. The van der Waals surface area contributed by atoms with Crippen LogP contribution in [0.5, 0.6) is 5.75 Å². The lowest BCUT2D eigenvalue weighted by molar-refractivity contribution is -0.629. The van der Waals surface area contributed by atoms with Gasteiger partial charge in [0.15, 0.2) is 0 Å². The second-order valence-electron chi connectivity index (χ2n) is 10.1. The van der Waals surface area contributed by atoms with Crippen molar-refractivity contribution in [2.75, 3.05) is 13.1 Å². The summed E-state index contributed by atoms with van der Waals surface area (Å²) < 4.78 is 6.21. The fourth-order valence-corrected chi connectivity index (χ4v) is 5.11. The molecule has 2 aliphatic rings. The molecule has 0 atom stereocenters. The Morgan fingerprint density at radius 3 is 2.56 bits per heavy atom. The van der Waals surface area contributed by atoms with Gasteiger partial charge >= 0.3 is 0 Å². The first-order valence-electron chi connectivity index (χ1n) is 12.0. The van der Waals surface area contributed by atoms with E-state index >= 15 is 0 Å². The van der Waals surface area contributed by atoms with E-state index in [9.17, 15) is 10.1 Å². The fraction of sp³-hybridized carbons (Fsp3) is 0.444. The molecule has 0 spiro atoms. The molecule has 2 aromatic carbocycles. The molecule has 7 nitrogen and oxygen atoms in total. The van der Waals surface area contributed by atoms with Gasteiger partial charge in [0.25, 0.3) is 5.69 Å². The van der Waals surface area contributed by atoms with E-state index in [0.717, 1.165) is 53.9 Å². The van der Waals surface area contributed by atoms with Crippen LogP contribution < -0.4 is 10.1 Å². The van der Waals surface area contributed by atoms with Gasteiger partial charge in [-0.25, -0.2) is 0 Å². The third kappa shape index (κ3) is 5.05. The highest BCUT2D eigenvalue weighted by Crippen LogP contribution is 2.45. The van der Waals surface area contributed by atoms with Crippen molar-refractivity contribution in [3.05, 3.63) is 80.5 Å². The molecule has 0 amide bonds. The SMILES string of the molecule is Cc1c(C)c([N+](=O)[O-])c(CN2CCC([NH2+]C=CC(=N)c3ccccc3)CC2)c2c1OC(C)(C)C2. The van der Waals surface area contributed by atoms with Crippen molar-refractivity contribution in [3.63, 3.8) is 0 Å². The molecule has 1 fully saturated rings. The Bertz CT molecular complexity index is 1120. The lowest BCUT2D eigenvalue weighted by Gasteiger charge is -2.30. The molecule has 34 heavy (non-hydrogen) atoms. The molecule has 2 aromatic rings. The molecule has 0 saturated carbocycles. The number of quaternary nitrogens is 1. The summed E-state index contributed by atoms with van der Waals surface area (Å²) >= 11 is 0. The summed E-state index contributed by atoms with van der Waals surface area (Å²) in [5.74, 6) is 0.845. The van der Waals surface area contributed by atoms with E-state index in [0.29, 0.717) is 30.3 Å². The second-order valence-corrected chi connectivity index (χ2v) is 10.1. The van der Waals surface area contributed by atoms with Crippen LogP contribution in [0.25, 0.3) is 0 Å². The van der Waals surface area contributed by atoms with Gasteiger partial charge in [-0.3, -0.25) is 15.0 Å². The number of nitro groups is 1. The minimum Gasteiger partial charge on any atom is -0.487 e. The molecule has 0 bridgehead atoms. The maximum absolute atomic E-state index is 12.0. The van der Waals surface area contributed by atoms with E-state index < -0.39 is 0 Å². The van der Waals surface area contributed by atoms with Crippen LogP contribution in [0.1, 0.15) is 54.5 Å². The molecule has 0 unspecified atom stereocenters. The summed E-state index contributed by atoms with van der Waals surface area (Å²) in [5, 5.41) is 22.4. The topological polar surface area (TPSA) is 96.1 Å². The van der Waals surface area contributed by atoms with Crippen molar-refractivity contribution in [2.45, 2.75) is 65.1 Å². The molecule has 3 N–H and O–H groups in total. The van der Waals surface area contributed by atoms with Crippen LogP contribution in [0.3, 0.4) is 0 Å². The minimum atomic E-state index is -0.342. The minimum absolute atomic E-state index is 0.212. The van der Waals surface area contributed by atoms with Gasteiger partial charge in [0.1, 0.15) is 11.4 Å². The van der Waals surface area contributed by atoms with Crippen molar-refractivity contribution < 1.29 is 15.0 Å². The van der Waals surface area contributed by atoms with Gasteiger partial charge < -0.3 is 15.5 Å². The first-order chi connectivity index (χ1) is 16.2. The van der Waals surface area contributed by atoms with Crippen molar-refractivity contribution in [1.82, 2.24) is 4.90 Å². The molecule has 0 aliphatic carbocycles. The van der Waals surface area contributed by atoms with Crippen LogP contribution in [-0.2, 0) is 13.0 Å². The number of hydrogen-bond donors (Lipinski definition) is 2. The molecule has 1 saturated heterocycles. The molecule has 180 valence electrons. The van der Waals surface area contributed by atoms with Gasteiger partial charge in [-0.1, -0.05) is 30.3 Å². The molecular formula is C27H35N4O3+. The maximum Gasteiger partial charge on any atom is 0.277 e. The number of likely N-dealkylation sites (tertiary alicyclic amines) is 1. The molecule has 7 heteroatoms. The summed E-state index contributed by atoms with van der Waals surface area (Å²) in [6, 6.07) is 10.2. The number of fused-ring (bicyclic) bond motifs is 1. The number of nitrogens with zero attached hydrogens (tertiary/aromatic N) is 2. The van der Waals surface area contributed by atoms with Crippen LogP contribution in [-0.4, -0.2) is 40.3 Å². The zero-order valence-corrected chi connectivity index (χ0v) is 20.6. The van der Waals surface area contributed by atoms with Crippen LogP contribution in [0, 0.1) is 29.4 Å². The number of rotatable bonds is 7. The Morgan fingerprint density at radius 1 is 1.24 bits per heavy atom. The number of hydrogen-bond acceptors (Lipinski definition) is 5. The highest BCUT2D eigenvalue weighted by molar-refractivity contribution is 6.06. The summed E-state index contributed by atoms with van der Waals surface area (Å²) in [4.78, 5) is 14.2. The monoisotopic (exact) mass is 463 g/mol. The van der Waals surface area contributed by atoms with E-state index in [1.165, 1.54) is 0 Å². The molecule has 0 aromatic heterocycles. The van der Waals surface area contributed by atoms with Gasteiger partial charge in [0.05, 0.1) is 28.4 Å². The maximum atomic E-state index is 12.0. The number of nitro benzene ring substituents is 1. The van der Waals surface area contributed by atoms with Crippen LogP contribution in [0.4, 0.5) is 5.69 Å².